The molecule has 0 heterocycles. The lowest BCUT2D eigenvalue weighted by Crippen LogP contribution is -2.17. The number of carbonyl (C=O) groups is 2. The number of hydrogen-bond donors (Lipinski definition) is 1. The molecule has 4 nitrogen and oxygen atoms in total. The number of thioether (sulfide) groups is 1. The number of nitrogens with one attached hydrogen (secondary N) is 1. The summed E-state index contributed by atoms with van der Waals surface area (Å²) in [7, 11) is 3.42. The van der Waals surface area contributed by atoms with Gasteiger partial charge >= 0.3 is 0 Å². The summed E-state index contributed by atoms with van der Waals surface area (Å²) in [6, 6.07) is 15.5. The molecule has 2 aromatic rings. The third-order valence-corrected chi connectivity index (χ3v) is 4.87. The molecule has 1 N–H and O–H groups in total. The largest absolute Gasteiger partial charge is 0.339 e. The van der Waals surface area contributed by atoms with Gasteiger partial charge in [0.15, 0.2) is 0 Å². The highest BCUT2D eigenvalue weighted by Gasteiger charge is 2.12. The van der Waals surface area contributed by atoms with Crippen molar-refractivity contribution in [2.75, 3.05) is 19.4 Å². The van der Waals surface area contributed by atoms with Gasteiger partial charge in [0, 0.05) is 19.0 Å². The molecule has 0 fully saturated rings. The SMILES string of the molecule is CC(C)Cc1ccc(CC(=O)Nc2ccccc2SC(=O)N(C)C)cc1. The minimum Gasteiger partial charge on any atom is -0.339 e. The van der Waals surface area contributed by atoms with Crippen molar-refractivity contribution in [3.63, 3.8) is 0 Å². The second kappa shape index (κ2) is 9.43. The van der Waals surface area contributed by atoms with Crippen LogP contribution in [0.5, 0.6) is 0 Å². The molecule has 0 aromatic heterocycles. The third-order valence-electron chi connectivity index (χ3n) is 3.76. The number of rotatable bonds is 6. The first-order chi connectivity index (χ1) is 12.3. The second-order valence-electron chi connectivity index (χ2n) is 6.90. The van der Waals surface area contributed by atoms with Gasteiger partial charge in [-0.1, -0.05) is 50.2 Å². The molecule has 138 valence electrons. The fraction of sp³-hybridized carbons (Fsp3) is 0.333. The van der Waals surface area contributed by atoms with E-state index in [2.05, 4.69) is 31.3 Å². The van der Waals surface area contributed by atoms with E-state index < -0.39 is 0 Å². The summed E-state index contributed by atoms with van der Waals surface area (Å²) in [4.78, 5) is 26.6. The van der Waals surface area contributed by atoms with Gasteiger partial charge in [-0.3, -0.25) is 9.59 Å². The van der Waals surface area contributed by atoms with Gasteiger partial charge in [-0.2, -0.15) is 0 Å². The zero-order valence-electron chi connectivity index (χ0n) is 15.8. The molecule has 2 amide bonds. The molecule has 0 spiro atoms. The maximum absolute atomic E-state index is 12.4. The monoisotopic (exact) mass is 370 g/mol. The van der Waals surface area contributed by atoms with E-state index in [0.717, 1.165) is 28.6 Å². The van der Waals surface area contributed by atoms with E-state index in [1.165, 1.54) is 10.5 Å². The molecule has 0 saturated heterocycles. The van der Waals surface area contributed by atoms with Crippen molar-refractivity contribution in [2.45, 2.75) is 31.6 Å². The van der Waals surface area contributed by atoms with Crippen molar-refractivity contribution in [2.24, 2.45) is 5.92 Å². The van der Waals surface area contributed by atoms with E-state index in [0.29, 0.717) is 18.0 Å². The van der Waals surface area contributed by atoms with Crippen LogP contribution in [0.2, 0.25) is 0 Å². The van der Waals surface area contributed by atoms with Crippen LogP contribution >= 0.6 is 11.8 Å². The normalized spacial score (nSPS) is 10.7. The molecule has 0 aliphatic heterocycles. The third kappa shape index (κ3) is 6.23. The Kier molecular flexibility index (Phi) is 7.27. The molecule has 0 atom stereocenters. The van der Waals surface area contributed by atoms with Crippen LogP contribution < -0.4 is 5.32 Å². The first kappa shape index (κ1) is 20.0. The van der Waals surface area contributed by atoms with Gasteiger partial charge < -0.3 is 10.2 Å². The fourth-order valence-electron chi connectivity index (χ4n) is 2.49. The Bertz CT molecular complexity index is 755. The van der Waals surface area contributed by atoms with Crippen LogP contribution in [0.1, 0.15) is 25.0 Å². The number of hydrogen-bond acceptors (Lipinski definition) is 3. The van der Waals surface area contributed by atoms with Crippen LogP contribution in [-0.2, 0) is 17.6 Å². The van der Waals surface area contributed by atoms with Gasteiger partial charge in [0.25, 0.3) is 5.24 Å². The molecular formula is C21H26N2O2S. The quantitative estimate of drug-likeness (QED) is 0.740. The summed E-state index contributed by atoms with van der Waals surface area (Å²) < 4.78 is 0. The molecule has 2 aromatic carbocycles. The number of amides is 2. The molecular weight excluding hydrogens is 344 g/mol. The molecule has 0 aliphatic carbocycles. The first-order valence-electron chi connectivity index (χ1n) is 8.71. The van der Waals surface area contributed by atoms with Gasteiger partial charge in [-0.25, -0.2) is 0 Å². The van der Waals surface area contributed by atoms with Crippen molar-refractivity contribution in [3.8, 4) is 0 Å². The van der Waals surface area contributed by atoms with Crippen molar-refractivity contribution < 1.29 is 9.59 Å². The van der Waals surface area contributed by atoms with Gasteiger partial charge in [0.05, 0.1) is 12.1 Å². The summed E-state index contributed by atoms with van der Waals surface area (Å²) in [5.74, 6) is 0.523. The van der Waals surface area contributed by atoms with Crippen LogP contribution in [0.4, 0.5) is 10.5 Å². The van der Waals surface area contributed by atoms with E-state index in [9.17, 15) is 9.59 Å². The topological polar surface area (TPSA) is 49.4 Å². The van der Waals surface area contributed by atoms with Crippen molar-refractivity contribution >= 4 is 28.6 Å². The van der Waals surface area contributed by atoms with Crippen LogP contribution in [0.15, 0.2) is 53.4 Å². The standard InChI is InChI=1S/C21H26N2O2S/c1-15(2)13-16-9-11-17(12-10-16)14-20(24)22-18-7-5-6-8-19(18)26-21(25)23(3)4/h5-12,15H,13-14H2,1-4H3,(H,22,24). The van der Waals surface area contributed by atoms with E-state index in [1.807, 2.05) is 36.4 Å². The van der Waals surface area contributed by atoms with E-state index >= 15 is 0 Å². The lowest BCUT2D eigenvalue weighted by molar-refractivity contribution is -0.115. The Morgan fingerprint density at radius 1 is 1.00 bits per heavy atom. The molecule has 5 heteroatoms. The van der Waals surface area contributed by atoms with Crippen LogP contribution in [0.3, 0.4) is 0 Å². The van der Waals surface area contributed by atoms with Crippen LogP contribution in [0, 0.1) is 5.92 Å². The summed E-state index contributed by atoms with van der Waals surface area (Å²) >= 11 is 1.11. The predicted octanol–water partition coefficient (Wildman–Crippen LogP) is 4.84. The smallest absolute Gasteiger partial charge is 0.286 e. The lowest BCUT2D eigenvalue weighted by atomic mass is 10.0. The highest BCUT2D eigenvalue weighted by Crippen LogP contribution is 2.28. The molecule has 0 aliphatic rings. The van der Waals surface area contributed by atoms with E-state index in [-0.39, 0.29) is 11.1 Å². The predicted molar refractivity (Wildman–Crippen MR) is 109 cm³/mol. The van der Waals surface area contributed by atoms with Crippen LogP contribution in [-0.4, -0.2) is 30.1 Å². The van der Waals surface area contributed by atoms with Gasteiger partial charge in [0.1, 0.15) is 0 Å². The molecule has 2 rings (SSSR count). The number of carbonyl (C=O) groups excluding carboxylic acids is 2. The van der Waals surface area contributed by atoms with Crippen LogP contribution in [0.25, 0.3) is 0 Å². The minimum atomic E-state index is -0.0908. The Morgan fingerprint density at radius 2 is 1.62 bits per heavy atom. The lowest BCUT2D eigenvalue weighted by Gasteiger charge is -2.13. The summed E-state index contributed by atoms with van der Waals surface area (Å²) in [6.45, 7) is 4.38. The van der Waals surface area contributed by atoms with Gasteiger partial charge in [0.2, 0.25) is 5.91 Å². The Balaban J connectivity index is 2.00. The van der Waals surface area contributed by atoms with Gasteiger partial charge in [-0.15, -0.1) is 0 Å². The Hall–Kier alpha value is -2.27. The number of para-hydroxylation sites is 1. The number of nitrogens with zero attached hydrogens (tertiary/aromatic N) is 1. The average Bonchev–Trinajstić information content (AvgIpc) is 2.57. The average molecular weight is 371 g/mol. The molecule has 0 radical (unpaired) electrons. The minimum absolute atomic E-state index is 0.0764. The van der Waals surface area contributed by atoms with Crippen molar-refractivity contribution in [3.05, 3.63) is 59.7 Å². The highest BCUT2D eigenvalue weighted by atomic mass is 32.2. The molecule has 0 saturated carbocycles. The molecule has 0 unspecified atom stereocenters. The second-order valence-corrected chi connectivity index (χ2v) is 7.89. The number of benzene rings is 2. The molecule has 26 heavy (non-hydrogen) atoms. The van der Waals surface area contributed by atoms with Crippen molar-refractivity contribution in [1.29, 1.82) is 0 Å². The van der Waals surface area contributed by atoms with E-state index in [1.54, 1.807) is 14.1 Å². The number of anilines is 1. The zero-order chi connectivity index (χ0) is 19.1. The summed E-state index contributed by atoms with van der Waals surface area (Å²) in [6.07, 6.45) is 1.35. The first-order valence-corrected chi connectivity index (χ1v) is 9.52. The summed E-state index contributed by atoms with van der Waals surface area (Å²) in [5.41, 5.74) is 2.92. The fourth-order valence-corrected chi connectivity index (χ4v) is 3.23. The molecule has 0 bridgehead atoms. The Morgan fingerprint density at radius 3 is 2.23 bits per heavy atom. The summed E-state index contributed by atoms with van der Waals surface area (Å²) in [5, 5.41) is 2.84. The maximum atomic E-state index is 12.4. The zero-order valence-corrected chi connectivity index (χ0v) is 16.6. The van der Waals surface area contributed by atoms with Gasteiger partial charge in [-0.05, 0) is 47.4 Å². The van der Waals surface area contributed by atoms with E-state index in [4.69, 9.17) is 0 Å². The maximum Gasteiger partial charge on any atom is 0.286 e. The van der Waals surface area contributed by atoms with Crippen molar-refractivity contribution in [1.82, 2.24) is 4.90 Å². The highest BCUT2D eigenvalue weighted by molar-refractivity contribution is 8.13. The Labute approximate surface area is 160 Å².